The van der Waals surface area contributed by atoms with Gasteiger partial charge in [0.25, 0.3) is 0 Å². The Balaban J connectivity index is 2.13. The molecule has 0 atom stereocenters. The minimum absolute atomic E-state index is 0.208. The predicted molar refractivity (Wildman–Crippen MR) is 80.9 cm³/mol. The van der Waals surface area contributed by atoms with Crippen LogP contribution in [0.1, 0.15) is 0 Å². The highest BCUT2D eigenvalue weighted by Crippen LogP contribution is 2.29. The summed E-state index contributed by atoms with van der Waals surface area (Å²) in [5, 5.41) is 1.08. The van der Waals surface area contributed by atoms with Crippen LogP contribution in [0.4, 0.5) is 0 Å². The van der Waals surface area contributed by atoms with Crippen LogP contribution < -0.4 is 9.47 Å². The average Bonchev–Trinajstić information content (AvgIpc) is 2.53. The van der Waals surface area contributed by atoms with Crippen molar-refractivity contribution in [2.24, 2.45) is 0 Å². The Morgan fingerprint density at radius 3 is 2.29 bits per heavy atom. The molecule has 2 aromatic heterocycles. The highest BCUT2D eigenvalue weighted by molar-refractivity contribution is 6.28. The summed E-state index contributed by atoms with van der Waals surface area (Å²) < 4.78 is 10.5. The van der Waals surface area contributed by atoms with Crippen LogP contribution in [0.2, 0.25) is 5.28 Å². The SMILES string of the molecule is COc1cc(OC)cc(-c2cc3cnc(Cl)nc3cn2)c1. The van der Waals surface area contributed by atoms with Gasteiger partial charge in [0.15, 0.2) is 0 Å². The van der Waals surface area contributed by atoms with E-state index in [-0.39, 0.29) is 5.28 Å². The molecule has 0 spiro atoms. The van der Waals surface area contributed by atoms with Crippen molar-refractivity contribution in [2.75, 3.05) is 14.2 Å². The molecule has 3 rings (SSSR count). The van der Waals surface area contributed by atoms with E-state index in [0.717, 1.165) is 16.6 Å². The van der Waals surface area contributed by atoms with Crippen LogP contribution in [-0.4, -0.2) is 29.2 Å². The number of hydrogen-bond donors (Lipinski definition) is 0. The number of halogens is 1. The number of rotatable bonds is 3. The standard InChI is InChI=1S/C15H12ClN3O2/c1-20-11-3-9(4-12(6-11)21-2)13-5-10-7-18-15(16)19-14(10)8-17-13/h3-8H,1-2H3. The second-order valence-electron chi connectivity index (χ2n) is 4.37. The van der Waals surface area contributed by atoms with Crippen LogP contribution in [0.25, 0.3) is 22.2 Å². The Kier molecular flexibility index (Phi) is 3.58. The summed E-state index contributed by atoms with van der Waals surface area (Å²) in [6, 6.07) is 7.51. The van der Waals surface area contributed by atoms with Crippen molar-refractivity contribution >= 4 is 22.5 Å². The first kappa shape index (κ1) is 13.6. The van der Waals surface area contributed by atoms with Gasteiger partial charge < -0.3 is 9.47 Å². The molecule has 2 heterocycles. The Labute approximate surface area is 126 Å². The van der Waals surface area contributed by atoms with E-state index in [1.54, 1.807) is 26.6 Å². The van der Waals surface area contributed by atoms with E-state index in [4.69, 9.17) is 21.1 Å². The van der Waals surface area contributed by atoms with Gasteiger partial charge >= 0.3 is 0 Å². The second-order valence-corrected chi connectivity index (χ2v) is 4.71. The van der Waals surface area contributed by atoms with Gasteiger partial charge in [-0.3, -0.25) is 4.98 Å². The van der Waals surface area contributed by atoms with Gasteiger partial charge in [0, 0.05) is 23.2 Å². The Morgan fingerprint density at radius 1 is 0.905 bits per heavy atom. The number of fused-ring (bicyclic) bond motifs is 1. The van der Waals surface area contributed by atoms with Crippen LogP contribution in [0, 0.1) is 0 Å². The monoisotopic (exact) mass is 301 g/mol. The lowest BCUT2D eigenvalue weighted by molar-refractivity contribution is 0.394. The van der Waals surface area contributed by atoms with E-state index < -0.39 is 0 Å². The fraction of sp³-hybridized carbons (Fsp3) is 0.133. The molecule has 106 valence electrons. The zero-order valence-corrected chi connectivity index (χ0v) is 12.3. The van der Waals surface area contributed by atoms with Gasteiger partial charge in [-0.1, -0.05) is 0 Å². The maximum atomic E-state index is 5.77. The molecule has 6 heteroatoms. The first-order chi connectivity index (χ1) is 10.2. The highest BCUT2D eigenvalue weighted by Gasteiger charge is 2.07. The molecule has 0 saturated heterocycles. The minimum atomic E-state index is 0.208. The maximum Gasteiger partial charge on any atom is 0.222 e. The van der Waals surface area contributed by atoms with Crippen molar-refractivity contribution < 1.29 is 9.47 Å². The number of hydrogen-bond acceptors (Lipinski definition) is 5. The van der Waals surface area contributed by atoms with Crippen molar-refractivity contribution in [1.29, 1.82) is 0 Å². The van der Waals surface area contributed by atoms with Gasteiger partial charge in [-0.25, -0.2) is 9.97 Å². The van der Waals surface area contributed by atoms with Gasteiger partial charge in [0.05, 0.1) is 31.6 Å². The molecule has 5 nitrogen and oxygen atoms in total. The third-order valence-corrected chi connectivity index (χ3v) is 3.27. The number of pyridine rings is 1. The zero-order valence-electron chi connectivity index (χ0n) is 11.5. The molecule has 21 heavy (non-hydrogen) atoms. The van der Waals surface area contributed by atoms with Crippen molar-refractivity contribution in [1.82, 2.24) is 15.0 Å². The summed E-state index contributed by atoms with van der Waals surface area (Å²) in [5.74, 6) is 1.41. The number of ether oxygens (including phenoxy) is 2. The van der Waals surface area contributed by atoms with Gasteiger partial charge in [0.1, 0.15) is 11.5 Å². The molecule has 0 fully saturated rings. The topological polar surface area (TPSA) is 57.1 Å². The van der Waals surface area contributed by atoms with Gasteiger partial charge in [0.2, 0.25) is 5.28 Å². The van der Waals surface area contributed by atoms with E-state index in [1.165, 1.54) is 0 Å². The van der Waals surface area contributed by atoms with Gasteiger partial charge in [-0.05, 0) is 29.8 Å². The molecule has 0 amide bonds. The van der Waals surface area contributed by atoms with E-state index in [2.05, 4.69) is 15.0 Å². The smallest absolute Gasteiger partial charge is 0.222 e. The lowest BCUT2D eigenvalue weighted by atomic mass is 10.1. The summed E-state index contributed by atoms with van der Waals surface area (Å²) in [6.45, 7) is 0. The number of nitrogens with zero attached hydrogens (tertiary/aromatic N) is 3. The quantitative estimate of drug-likeness (QED) is 0.694. The van der Waals surface area contributed by atoms with Crippen LogP contribution in [0.5, 0.6) is 11.5 Å². The molecule has 0 aliphatic heterocycles. The molecule has 0 aliphatic rings. The molecular formula is C15H12ClN3O2. The average molecular weight is 302 g/mol. The summed E-state index contributed by atoms with van der Waals surface area (Å²) in [7, 11) is 3.23. The second kappa shape index (κ2) is 5.54. The molecule has 3 aromatic rings. The molecule has 1 aromatic carbocycles. The maximum absolute atomic E-state index is 5.77. The first-order valence-electron chi connectivity index (χ1n) is 6.21. The zero-order chi connectivity index (χ0) is 14.8. The summed E-state index contributed by atoms with van der Waals surface area (Å²) in [6.07, 6.45) is 3.34. The van der Waals surface area contributed by atoms with Crippen LogP contribution in [-0.2, 0) is 0 Å². The lowest BCUT2D eigenvalue weighted by Gasteiger charge is -2.08. The van der Waals surface area contributed by atoms with Gasteiger partial charge in [-0.2, -0.15) is 0 Å². The largest absolute Gasteiger partial charge is 0.497 e. The third kappa shape index (κ3) is 2.73. The minimum Gasteiger partial charge on any atom is -0.497 e. The number of methoxy groups -OCH3 is 2. The number of benzene rings is 1. The van der Waals surface area contributed by atoms with Crippen LogP contribution >= 0.6 is 11.6 Å². The Bertz CT molecular complexity index is 786. The molecule has 0 radical (unpaired) electrons. The third-order valence-electron chi connectivity index (χ3n) is 3.08. The molecule has 0 bridgehead atoms. The van der Waals surface area contributed by atoms with Gasteiger partial charge in [-0.15, -0.1) is 0 Å². The fourth-order valence-electron chi connectivity index (χ4n) is 2.02. The van der Waals surface area contributed by atoms with E-state index in [1.807, 2.05) is 24.3 Å². The number of aromatic nitrogens is 3. The van der Waals surface area contributed by atoms with Crippen LogP contribution in [0.15, 0.2) is 36.7 Å². The van der Waals surface area contributed by atoms with E-state index in [0.29, 0.717) is 17.0 Å². The lowest BCUT2D eigenvalue weighted by Crippen LogP contribution is -1.91. The highest BCUT2D eigenvalue weighted by atomic mass is 35.5. The van der Waals surface area contributed by atoms with E-state index >= 15 is 0 Å². The summed E-state index contributed by atoms with van der Waals surface area (Å²) in [4.78, 5) is 12.5. The van der Waals surface area contributed by atoms with Crippen molar-refractivity contribution in [3.63, 3.8) is 0 Å². The summed E-state index contributed by atoms with van der Waals surface area (Å²) >= 11 is 5.77. The summed E-state index contributed by atoms with van der Waals surface area (Å²) in [5.41, 5.74) is 2.38. The van der Waals surface area contributed by atoms with Crippen molar-refractivity contribution in [2.45, 2.75) is 0 Å². The van der Waals surface area contributed by atoms with E-state index in [9.17, 15) is 0 Å². The molecule has 0 N–H and O–H groups in total. The van der Waals surface area contributed by atoms with Crippen molar-refractivity contribution in [3.05, 3.63) is 41.9 Å². The molecule has 0 saturated carbocycles. The molecule has 0 aliphatic carbocycles. The first-order valence-corrected chi connectivity index (χ1v) is 6.59. The Morgan fingerprint density at radius 2 is 1.62 bits per heavy atom. The normalized spacial score (nSPS) is 10.6. The predicted octanol–water partition coefficient (Wildman–Crippen LogP) is 3.36. The van der Waals surface area contributed by atoms with Crippen molar-refractivity contribution in [3.8, 4) is 22.8 Å². The van der Waals surface area contributed by atoms with Crippen LogP contribution in [0.3, 0.4) is 0 Å². The fourth-order valence-corrected chi connectivity index (χ4v) is 2.16. The Hall–Kier alpha value is -2.40. The molecular weight excluding hydrogens is 290 g/mol. The molecule has 0 unspecified atom stereocenters.